The zero-order valence-electron chi connectivity index (χ0n) is 10.8. The monoisotopic (exact) mass is 242 g/mol. The van der Waals surface area contributed by atoms with Crippen molar-refractivity contribution in [1.29, 1.82) is 0 Å². The molecule has 1 aromatic heterocycles. The van der Waals surface area contributed by atoms with Crippen molar-refractivity contribution in [2.45, 2.75) is 32.2 Å². The van der Waals surface area contributed by atoms with Gasteiger partial charge in [0.1, 0.15) is 12.1 Å². The first kappa shape index (κ1) is 11.3. The molecule has 1 aromatic carbocycles. The Morgan fingerprint density at radius 1 is 1.28 bits per heavy atom. The molecule has 2 aromatic rings. The van der Waals surface area contributed by atoms with Gasteiger partial charge in [0.25, 0.3) is 0 Å². The first-order valence-corrected chi connectivity index (χ1v) is 6.36. The molecular formula is C14H18N4. The predicted molar refractivity (Wildman–Crippen MR) is 74.6 cm³/mol. The van der Waals surface area contributed by atoms with Crippen molar-refractivity contribution in [2.24, 2.45) is 0 Å². The van der Waals surface area contributed by atoms with Crippen molar-refractivity contribution in [2.75, 3.05) is 17.2 Å². The molecule has 3 rings (SSSR count). The molecule has 0 bridgehead atoms. The van der Waals surface area contributed by atoms with Gasteiger partial charge in [-0.2, -0.15) is 0 Å². The summed E-state index contributed by atoms with van der Waals surface area (Å²) in [5.74, 6) is 1.03. The number of nitrogen functional groups attached to an aromatic ring is 1. The lowest BCUT2D eigenvalue weighted by atomic mass is 10.0. The molecule has 0 amide bonds. The molecule has 1 saturated heterocycles. The number of benzene rings is 1. The van der Waals surface area contributed by atoms with Gasteiger partial charge in [0.05, 0.1) is 5.52 Å². The molecule has 1 aliphatic rings. The van der Waals surface area contributed by atoms with E-state index in [4.69, 9.17) is 5.73 Å². The minimum Gasteiger partial charge on any atom is -0.399 e. The van der Waals surface area contributed by atoms with Crippen LogP contribution in [0, 0.1) is 0 Å². The van der Waals surface area contributed by atoms with E-state index in [9.17, 15) is 0 Å². The highest BCUT2D eigenvalue weighted by Gasteiger charge is 2.33. The van der Waals surface area contributed by atoms with Crippen LogP contribution in [0.5, 0.6) is 0 Å². The summed E-state index contributed by atoms with van der Waals surface area (Å²) in [6.07, 6.45) is 4.05. The number of aromatic nitrogens is 2. The number of hydrogen-bond donors (Lipinski definition) is 1. The molecule has 0 radical (unpaired) electrons. The highest BCUT2D eigenvalue weighted by Crippen LogP contribution is 2.35. The SMILES string of the molecule is CC1(C)CCCN1c1ncnc2cc(N)ccc12. The fraction of sp³-hybridized carbons (Fsp3) is 0.429. The van der Waals surface area contributed by atoms with Crippen molar-refractivity contribution in [3.8, 4) is 0 Å². The minimum atomic E-state index is 0.169. The standard InChI is InChI=1S/C14H18N4/c1-14(2)6-3-7-18(14)13-11-5-4-10(15)8-12(11)16-9-17-13/h4-5,8-9H,3,6-7,15H2,1-2H3. The van der Waals surface area contributed by atoms with E-state index >= 15 is 0 Å². The van der Waals surface area contributed by atoms with E-state index in [1.807, 2.05) is 18.2 Å². The summed E-state index contributed by atoms with van der Waals surface area (Å²) >= 11 is 0. The zero-order chi connectivity index (χ0) is 12.8. The van der Waals surface area contributed by atoms with Crippen molar-refractivity contribution < 1.29 is 0 Å². The third-order valence-corrected chi connectivity index (χ3v) is 3.80. The van der Waals surface area contributed by atoms with Crippen molar-refractivity contribution in [3.05, 3.63) is 24.5 Å². The number of nitrogens with zero attached hydrogens (tertiary/aromatic N) is 3. The van der Waals surface area contributed by atoms with Gasteiger partial charge in [-0.1, -0.05) is 0 Å². The molecule has 0 aliphatic carbocycles. The average molecular weight is 242 g/mol. The van der Waals surface area contributed by atoms with Gasteiger partial charge in [0.15, 0.2) is 0 Å². The molecule has 0 atom stereocenters. The Morgan fingerprint density at radius 3 is 2.83 bits per heavy atom. The summed E-state index contributed by atoms with van der Waals surface area (Å²) in [4.78, 5) is 11.2. The Hall–Kier alpha value is -1.84. The third kappa shape index (κ3) is 1.68. The molecule has 94 valence electrons. The lowest BCUT2D eigenvalue weighted by molar-refractivity contribution is 0.515. The van der Waals surface area contributed by atoms with Crippen LogP contribution < -0.4 is 10.6 Å². The smallest absolute Gasteiger partial charge is 0.140 e. The summed E-state index contributed by atoms with van der Waals surface area (Å²) in [5.41, 5.74) is 7.64. The van der Waals surface area contributed by atoms with Gasteiger partial charge >= 0.3 is 0 Å². The Bertz CT molecular complexity index is 591. The maximum atomic E-state index is 5.81. The van der Waals surface area contributed by atoms with Gasteiger partial charge in [-0.3, -0.25) is 0 Å². The summed E-state index contributed by atoms with van der Waals surface area (Å²) in [6.45, 7) is 5.60. The van der Waals surface area contributed by atoms with E-state index in [1.54, 1.807) is 6.33 Å². The van der Waals surface area contributed by atoms with Crippen molar-refractivity contribution >= 4 is 22.4 Å². The second-order valence-corrected chi connectivity index (χ2v) is 5.54. The van der Waals surface area contributed by atoms with Crippen LogP contribution >= 0.6 is 0 Å². The number of nitrogens with two attached hydrogens (primary N) is 1. The van der Waals surface area contributed by atoms with Gasteiger partial charge in [-0.05, 0) is 44.9 Å². The van der Waals surface area contributed by atoms with Gasteiger partial charge < -0.3 is 10.6 Å². The molecule has 4 nitrogen and oxygen atoms in total. The van der Waals surface area contributed by atoms with Crippen molar-refractivity contribution in [1.82, 2.24) is 9.97 Å². The Kier molecular flexibility index (Phi) is 2.40. The lowest BCUT2D eigenvalue weighted by Crippen LogP contribution is -2.38. The van der Waals surface area contributed by atoms with Crippen LogP contribution in [-0.4, -0.2) is 22.1 Å². The molecular weight excluding hydrogens is 224 g/mol. The fourth-order valence-electron chi connectivity index (χ4n) is 2.77. The van der Waals surface area contributed by atoms with E-state index in [2.05, 4.69) is 28.7 Å². The Labute approximate surface area is 107 Å². The largest absolute Gasteiger partial charge is 0.399 e. The molecule has 1 fully saturated rings. The minimum absolute atomic E-state index is 0.169. The fourth-order valence-corrected chi connectivity index (χ4v) is 2.77. The third-order valence-electron chi connectivity index (χ3n) is 3.80. The first-order chi connectivity index (χ1) is 8.58. The summed E-state index contributed by atoms with van der Waals surface area (Å²) in [7, 11) is 0. The van der Waals surface area contributed by atoms with E-state index < -0.39 is 0 Å². The van der Waals surface area contributed by atoms with Crippen LogP contribution in [-0.2, 0) is 0 Å². The second-order valence-electron chi connectivity index (χ2n) is 5.54. The van der Waals surface area contributed by atoms with Crippen LogP contribution in [0.25, 0.3) is 10.9 Å². The van der Waals surface area contributed by atoms with Crippen LogP contribution in [0.3, 0.4) is 0 Å². The maximum absolute atomic E-state index is 5.81. The lowest BCUT2D eigenvalue weighted by Gasteiger charge is -2.33. The Balaban J connectivity index is 2.18. The summed E-state index contributed by atoms with van der Waals surface area (Å²) < 4.78 is 0. The van der Waals surface area contributed by atoms with Gasteiger partial charge in [0, 0.05) is 23.2 Å². The zero-order valence-corrected chi connectivity index (χ0v) is 10.8. The van der Waals surface area contributed by atoms with E-state index in [0.29, 0.717) is 0 Å². The van der Waals surface area contributed by atoms with E-state index in [1.165, 1.54) is 12.8 Å². The normalized spacial score (nSPS) is 18.4. The molecule has 0 saturated carbocycles. The van der Waals surface area contributed by atoms with E-state index in [0.717, 1.165) is 29.0 Å². The molecule has 18 heavy (non-hydrogen) atoms. The second kappa shape index (κ2) is 3.83. The number of fused-ring (bicyclic) bond motifs is 1. The van der Waals surface area contributed by atoms with E-state index in [-0.39, 0.29) is 5.54 Å². The highest BCUT2D eigenvalue weighted by molar-refractivity contribution is 5.91. The number of rotatable bonds is 1. The summed E-state index contributed by atoms with van der Waals surface area (Å²) in [5, 5.41) is 1.08. The van der Waals surface area contributed by atoms with Crippen LogP contribution in [0.1, 0.15) is 26.7 Å². The quantitative estimate of drug-likeness (QED) is 0.781. The van der Waals surface area contributed by atoms with Gasteiger partial charge in [-0.25, -0.2) is 9.97 Å². The van der Waals surface area contributed by atoms with Gasteiger partial charge in [0.2, 0.25) is 0 Å². The molecule has 4 heteroatoms. The van der Waals surface area contributed by atoms with Crippen LogP contribution in [0.4, 0.5) is 11.5 Å². The predicted octanol–water partition coefficient (Wildman–Crippen LogP) is 2.59. The maximum Gasteiger partial charge on any atom is 0.140 e. The average Bonchev–Trinajstić information content (AvgIpc) is 2.67. The summed E-state index contributed by atoms with van der Waals surface area (Å²) in [6, 6.07) is 5.84. The highest BCUT2D eigenvalue weighted by atomic mass is 15.3. The van der Waals surface area contributed by atoms with Crippen molar-refractivity contribution in [3.63, 3.8) is 0 Å². The van der Waals surface area contributed by atoms with Gasteiger partial charge in [-0.15, -0.1) is 0 Å². The Morgan fingerprint density at radius 2 is 2.11 bits per heavy atom. The number of hydrogen-bond acceptors (Lipinski definition) is 4. The van der Waals surface area contributed by atoms with Crippen LogP contribution in [0.15, 0.2) is 24.5 Å². The first-order valence-electron chi connectivity index (χ1n) is 6.36. The van der Waals surface area contributed by atoms with Crippen LogP contribution in [0.2, 0.25) is 0 Å². The number of anilines is 2. The molecule has 1 aliphatic heterocycles. The molecule has 2 N–H and O–H groups in total. The topological polar surface area (TPSA) is 55.0 Å². The molecule has 0 spiro atoms. The molecule has 2 heterocycles. The molecule has 0 unspecified atom stereocenters.